The minimum absolute atomic E-state index is 0.00325. The lowest BCUT2D eigenvalue weighted by molar-refractivity contribution is 0.0379. The monoisotopic (exact) mass is 294 g/mol. The Bertz CT molecular complexity index is 758. The van der Waals surface area contributed by atoms with E-state index in [4.69, 9.17) is 4.74 Å². The Morgan fingerprint density at radius 1 is 1.23 bits per heavy atom. The summed E-state index contributed by atoms with van der Waals surface area (Å²) >= 11 is 0. The van der Waals surface area contributed by atoms with E-state index in [2.05, 4.69) is 5.32 Å². The molecule has 1 fully saturated rings. The molecule has 0 aromatic heterocycles. The lowest BCUT2D eigenvalue weighted by atomic mass is 9.90. The van der Waals surface area contributed by atoms with Crippen molar-refractivity contribution in [2.75, 3.05) is 4.90 Å². The zero-order valence-corrected chi connectivity index (χ0v) is 12.7. The molecule has 2 aromatic rings. The summed E-state index contributed by atoms with van der Waals surface area (Å²) in [5.74, 6) is 0.846. The molecule has 2 atom stereocenters. The molecular formula is C18H18N2O2. The van der Waals surface area contributed by atoms with Crippen LogP contribution >= 0.6 is 0 Å². The predicted octanol–water partition coefficient (Wildman–Crippen LogP) is 3.76. The second kappa shape index (κ2) is 4.50. The molecule has 1 saturated heterocycles. The number of carbonyl (C=O) groups is 1. The molecule has 2 aliphatic heterocycles. The Morgan fingerprint density at radius 3 is 2.86 bits per heavy atom. The van der Waals surface area contributed by atoms with Crippen LogP contribution in [0.1, 0.15) is 30.5 Å². The van der Waals surface area contributed by atoms with Gasteiger partial charge in [0.15, 0.2) is 5.72 Å². The van der Waals surface area contributed by atoms with Crippen molar-refractivity contribution < 1.29 is 9.53 Å². The second-order valence-electron chi connectivity index (χ2n) is 6.20. The molecule has 4 nitrogen and oxygen atoms in total. The SMILES string of the molecule is Cc1cccc(N2C(=O)NC3CC2(C)Oc2ccccc23)c1. The van der Waals surface area contributed by atoms with E-state index in [0.717, 1.165) is 29.0 Å². The van der Waals surface area contributed by atoms with Gasteiger partial charge in [-0.15, -0.1) is 0 Å². The maximum atomic E-state index is 12.7. The van der Waals surface area contributed by atoms with Crippen molar-refractivity contribution in [3.05, 3.63) is 59.7 Å². The van der Waals surface area contributed by atoms with Gasteiger partial charge in [-0.1, -0.05) is 30.3 Å². The molecule has 0 spiro atoms. The molecule has 112 valence electrons. The molecule has 2 aliphatic rings. The molecule has 2 bridgehead atoms. The van der Waals surface area contributed by atoms with Crippen molar-refractivity contribution in [2.45, 2.75) is 32.0 Å². The third-order valence-corrected chi connectivity index (χ3v) is 4.44. The van der Waals surface area contributed by atoms with Crippen molar-refractivity contribution in [3.63, 3.8) is 0 Å². The Kier molecular flexibility index (Phi) is 2.70. The molecule has 0 saturated carbocycles. The van der Waals surface area contributed by atoms with E-state index < -0.39 is 5.72 Å². The number of carbonyl (C=O) groups excluding carboxylic acids is 1. The van der Waals surface area contributed by atoms with Gasteiger partial charge in [-0.2, -0.15) is 0 Å². The summed E-state index contributed by atoms with van der Waals surface area (Å²) in [6, 6.07) is 15.7. The molecule has 4 heteroatoms. The predicted molar refractivity (Wildman–Crippen MR) is 85.0 cm³/mol. The van der Waals surface area contributed by atoms with Crippen LogP contribution in [-0.2, 0) is 0 Å². The number of urea groups is 1. The average Bonchev–Trinajstić information content (AvgIpc) is 2.46. The van der Waals surface area contributed by atoms with Crippen molar-refractivity contribution in [1.82, 2.24) is 5.32 Å². The molecule has 1 N–H and O–H groups in total. The quantitative estimate of drug-likeness (QED) is 0.870. The van der Waals surface area contributed by atoms with E-state index in [-0.39, 0.29) is 12.1 Å². The number of ether oxygens (including phenoxy) is 1. The summed E-state index contributed by atoms with van der Waals surface area (Å²) in [5.41, 5.74) is 2.36. The number of nitrogens with zero attached hydrogens (tertiary/aromatic N) is 1. The number of benzene rings is 2. The molecule has 0 radical (unpaired) electrons. The first kappa shape index (κ1) is 13.2. The van der Waals surface area contributed by atoms with E-state index in [1.165, 1.54) is 0 Å². The summed E-state index contributed by atoms with van der Waals surface area (Å²) in [4.78, 5) is 14.4. The lowest BCUT2D eigenvalue weighted by Gasteiger charge is -2.50. The zero-order valence-electron chi connectivity index (χ0n) is 12.7. The zero-order chi connectivity index (χ0) is 15.3. The Morgan fingerprint density at radius 2 is 2.05 bits per heavy atom. The number of aryl methyl sites for hydroxylation is 1. The molecule has 22 heavy (non-hydrogen) atoms. The standard InChI is InChI=1S/C18H18N2O2/c1-12-6-5-7-13(10-12)20-17(21)19-15-11-18(20,2)22-16-9-4-3-8-14(15)16/h3-10,15H,11H2,1-2H3,(H,19,21). The number of anilines is 1. The number of amides is 2. The number of rotatable bonds is 1. The van der Waals surface area contributed by atoms with Gasteiger partial charge >= 0.3 is 6.03 Å². The van der Waals surface area contributed by atoms with E-state index in [0.29, 0.717) is 0 Å². The van der Waals surface area contributed by atoms with Crippen LogP contribution in [0, 0.1) is 6.92 Å². The average molecular weight is 294 g/mol. The fourth-order valence-electron chi connectivity index (χ4n) is 3.48. The molecule has 2 unspecified atom stereocenters. The second-order valence-corrected chi connectivity index (χ2v) is 6.20. The minimum atomic E-state index is -0.671. The van der Waals surface area contributed by atoms with Gasteiger partial charge in [0, 0.05) is 17.7 Å². The molecular weight excluding hydrogens is 276 g/mol. The van der Waals surface area contributed by atoms with Gasteiger partial charge in [-0.05, 0) is 37.6 Å². The number of fused-ring (bicyclic) bond motifs is 4. The summed E-state index contributed by atoms with van der Waals surface area (Å²) in [7, 11) is 0. The van der Waals surface area contributed by atoms with Gasteiger partial charge < -0.3 is 10.1 Å². The third kappa shape index (κ3) is 1.87. The van der Waals surface area contributed by atoms with Crippen molar-refractivity contribution in [3.8, 4) is 5.75 Å². The van der Waals surface area contributed by atoms with Gasteiger partial charge in [0.25, 0.3) is 0 Å². The Hall–Kier alpha value is -2.49. The van der Waals surface area contributed by atoms with Crippen LogP contribution in [0.5, 0.6) is 5.75 Å². The van der Waals surface area contributed by atoms with Crippen molar-refractivity contribution in [1.29, 1.82) is 0 Å². The summed E-state index contributed by atoms with van der Waals surface area (Å²) in [5, 5.41) is 3.10. The topological polar surface area (TPSA) is 41.6 Å². The van der Waals surface area contributed by atoms with Crippen LogP contribution in [0.3, 0.4) is 0 Å². The highest BCUT2D eigenvalue weighted by Gasteiger charge is 2.49. The summed E-state index contributed by atoms with van der Waals surface area (Å²) < 4.78 is 6.23. The highest BCUT2D eigenvalue weighted by molar-refractivity contribution is 5.95. The van der Waals surface area contributed by atoms with Crippen LogP contribution in [0.4, 0.5) is 10.5 Å². The molecule has 2 heterocycles. The van der Waals surface area contributed by atoms with Gasteiger partial charge in [0.2, 0.25) is 0 Å². The van der Waals surface area contributed by atoms with Crippen LogP contribution in [-0.4, -0.2) is 11.8 Å². The summed E-state index contributed by atoms with van der Waals surface area (Å²) in [6.07, 6.45) is 0.726. The smallest absolute Gasteiger partial charge is 0.325 e. The van der Waals surface area contributed by atoms with Gasteiger partial charge in [0.05, 0.1) is 6.04 Å². The van der Waals surface area contributed by atoms with Crippen molar-refractivity contribution in [2.24, 2.45) is 0 Å². The number of para-hydroxylation sites is 1. The van der Waals surface area contributed by atoms with E-state index in [9.17, 15) is 4.79 Å². The highest BCUT2D eigenvalue weighted by Crippen LogP contribution is 2.45. The Labute approximate surface area is 129 Å². The van der Waals surface area contributed by atoms with Crippen LogP contribution in [0.25, 0.3) is 0 Å². The molecule has 2 amide bonds. The van der Waals surface area contributed by atoms with Gasteiger partial charge in [-0.3, -0.25) is 4.90 Å². The highest BCUT2D eigenvalue weighted by atomic mass is 16.5. The Balaban J connectivity index is 1.82. The fraction of sp³-hybridized carbons (Fsp3) is 0.278. The van der Waals surface area contributed by atoms with Crippen LogP contribution < -0.4 is 15.0 Å². The molecule has 2 aromatic carbocycles. The maximum Gasteiger partial charge on any atom is 0.325 e. The molecule has 0 aliphatic carbocycles. The van der Waals surface area contributed by atoms with E-state index in [1.807, 2.05) is 62.4 Å². The number of nitrogens with one attached hydrogen (secondary N) is 1. The number of hydrogen-bond acceptors (Lipinski definition) is 2. The fourth-order valence-corrected chi connectivity index (χ4v) is 3.48. The van der Waals surface area contributed by atoms with E-state index >= 15 is 0 Å². The third-order valence-electron chi connectivity index (χ3n) is 4.44. The van der Waals surface area contributed by atoms with Gasteiger partial charge in [0.1, 0.15) is 5.75 Å². The van der Waals surface area contributed by atoms with Crippen molar-refractivity contribution >= 4 is 11.7 Å². The van der Waals surface area contributed by atoms with Gasteiger partial charge in [-0.25, -0.2) is 4.79 Å². The normalized spacial score (nSPS) is 26.0. The first-order valence-electron chi connectivity index (χ1n) is 7.52. The van der Waals surface area contributed by atoms with Crippen LogP contribution in [0.2, 0.25) is 0 Å². The van der Waals surface area contributed by atoms with Crippen LogP contribution in [0.15, 0.2) is 48.5 Å². The van der Waals surface area contributed by atoms with E-state index in [1.54, 1.807) is 4.90 Å². The minimum Gasteiger partial charge on any atom is -0.467 e. The maximum absolute atomic E-state index is 12.7. The first-order valence-corrected chi connectivity index (χ1v) is 7.52. The summed E-state index contributed by atoms with van der Waals surface area (Å²) in [6.45, 7) is 4.00. The number of hydrogen-bond donors (Lipinski definition) is 1. The molecule has 4 rings (SSSR count). The largest absolute Gasteiger partial charge is 0.467 e. The lowest BCUT2D eigenvalue weighted by Crippen LogP contribution is -2.65. The first-order chi connectivity index (χ1) is 10.6.